The summed E-state index contributed by atoms with van der Waals surface area (Å²) in [5.41, 5.74) is 0.659. The van der Waals surface area contributed by atoms with Crippen LogP contribution in [0.25, 0.3) is 0 Å². The van der Waals surface area contributed by atoms with Gasteiger partial charge in [-0.15, -0.1) is 0 Å². The van der Waals surface area contributed by atoms with Crippen molar-refractivity contribution in [2.45, 2.75) is 24.4 Å². The summed E-state index contributed by atoms with van der Waals surface area (Å²) in [6, 6.07) is 10.2. The Morgan fingerprint density at radius 3 is 2.11 bits per heavy atom. The number of methoxy groups -OCH3 is 3. The van der Waals surface area contributed by atoms with Crippen molar-refractivity contribution in [1.29, 1.82) is 0 Å². The number of hydrogen-bond acceptors (Lipinski definition) is 6. The smallest absolute Gasteiger partial charge is 0.241 e. The molecule has 2 N–H and O–H groups in total. The van der Waals surface area contributed by atoms with Crippen LogP contribution in [0.4, 0.5) is 0 Å². The molecule has 0 bridgehead atoms. The summed E-state index contributed by atoms with van der Waals surface area (Å²) in [4.78, 5) is 12.5. The third-order valence-corrected chi connectivity index (χ3v) is 5.58. The molecule has 0 aliphatic rings. The van der Waals surface area contributed by atoms with Gasteiger partial charge in [-0.2, -0.15) is 4.72 Å². The highest BCUT2D eigenvalue weighted by atomic mass is 32.2. The molecule has 9 heteroatoms. The predicted molar refractivity (Wildman–Crippen MR) is 104 cm³/mol. The number of hydrogen-bond donors (Lipinski definition) is 2. The van der Waals surface area contributed by atoms with Gasteiger partial charge in [-0.25, -0.2) is 8.42 Å². The quantitative estimate of drug-likeness (QED) is 0.655. The van der Waals surface area contributed by atoms with Crippen LogP contribution in [-0.2, 0) is 21.4 Å². The van der Waals surface area contributed by atoms with E-state index in [1.165, 1.54) is 40.4 Å². The molecule has 2 rings (SSSR count). The van der Waals surface area contributed by atoms with E-state index in [1.54, 1.807) is 30.3 Å². The van der Waals surface area contributed by atoms with Crippen molar-refractivity contribution in [2.24, 2.45) is 0 Å². The molecule has 0 spiro atoms. The van der Waals surface area contributed by atoms with Crippen LogP contribution in [0.1, 0.15) is 12.5 Å². The summed E-state index contributed by atoms with van der Waals surface area (Å²) >= 11 is 0. The standard InChI is InChI=1S/C19H24N2O6S/c1-13(21-28(23,24)15-8-6-5-7-9-15)19(22)20-12-14-10-17(26-3)18(27-4)11-16(14)25-2/h5-11,13,21H,12H2,1-4H3,(H,20,22)/t13-/m0/s1. The van der Waals surface area contributed by atoms with Crippen LogP contribution in [0, 0.1) is 0 Å². The minimum Gasteiger partial charge on any atom is -0.496 e. The zero-order valence-corrected chi connectivity index (χ0v) is 17.0. The van der Waals surface area contributed by atoms with E-state index in [9.17, 15) is 13.2 Å². The van der Waals surface area contributed by atoms with E-state index in [0.717, 1.165) is 0 Å². The van der Waals surface area contributed by atoms with E-state index >= 15 is 0 Å². The van der Waals surface area contributed by atoms with Gasteiger partial charge in [-0.1, -0.05) is 18.2 Å². The fourth-order valence-electron chi connectivity index (χ4n) is 2.52. The van der Waals surface area contributed by atoms with Crippen molar-refractivity contribution in [3.63, 3.8) is 0 Å². The predicted octanol–water partition coefficient (Wildman–Crippen LogP) is 1.70. The van der Waals surface area contributed by atoms with Gasteiger partial charge in [0.25, 0.3) is 0 Å². The molecule has 0 unspecified atom stereocenters. The maximum atomic E-state index is 12.4. The lowest BCUT2D eigenvalue weighted by Crippen LogP contribution is -2.44. The molecule has 1 atom stereocenters. The second-order valence-corrected chi connectivity index (χ2v) is 7.61. The van der Waals surface area contributed by atoms with Crippen LogP contribution in [0.15, 0.2) is 47.4 Å². The van der Waals surface area contributed by atoms with E-state index in [2.05, 4.69) is 10.0 Å². The van der Waals surface area contributed by atoms with E-state index in [-0.39, 0.29) is 11.4 Å². The first-order chi connectivity index (χ1) is 13.3. The Morgan fingerprint density at radius 1 is 0.964 bits per heavy atom. The number of ether oxygens (including phenoxy) is 3. The normalized spacial score (nSPS) is 12.1. The molecule has 0 radical (unpaired) electrons. The number of rotatable bonds is 9. The second-order valence-electron chi connectivity index (χ2n) is 5.89. The van der Waals surface area contributed by atoms with Crippen LogP contribution < -0.4 is 24.2 Å². The lowest BCUT2D eigenvalue weighted by molar-refractivity contribution is -0.122. The Hall–Kier alpha value is -2.78. The molecule has 8 nitrogen and oxygen atoms in total. The highest BCUT2D eigenvalue weighted by molar-refractivity contribution is 7.89. The van der Waals surface area contributed by atoms with Crippen LogP contribution in [-0.4, -0.2) is 41.7 Å². The van der Waals surface area contributed by atoms with E-state index in [1.807, 2.05) is 0 Å². The first-order valence-corrected chi connectivity index (χ1v) is 9.94. The summed E-state index contributed by atoms with van der Waals surface area (Å²) in [7, 11) is 0.731. The molecular formula is C19H24N2O6S. The molecule has 28 heavy (non-hydrogen) atoms. The molecular weight excluding hydrogens is 384 g/mol. The minimum atomic E-state index is -3.79. The molecule has 0 fully saturated rings. The summed E-state index contributed by atoms with van der Waals surface area (Å²) in [5.74, 6) is 1.02. The molecule has 0 aromatic heterocycles. The van der Waals surface area contributed by atoms with Gasteiger partial charge in [0.05, 0.1) is 32.3 Å². The van der Waals surface area contributed by atoms with Gasteiger partial charge in [0.2, 0.25) is 15.9 Å². The zero-order chi connectivity index (χ0) is 20.7. The van der Waals surface area contributed by atoms with Gasteiger partial charge in [-0.3, -0.25) is 4.79 Å². The molecule has 0 heterocycles. The number of carbonyl (C=O) groups is 1. The number of amides is 1. The Balaban J connectivity index is 2.07. The second kappa shape index (κ2) is 9.43. The molecule has 0 saturated carbocycles. The largest absolute Gasteiger partial charge is 0.496 e. The first kappa shape index (κ1) is 21.5. The molecule has 0 aliphatic carbocycles. The van der Waals surface area contributed by atoms with Gasteiger partial charge in [0.1, 0.15) is 5.75 Å². The zero-order valence-electron chi connectivity index (χ0n) is 16.2. The molecule has 0 aliphatic heterocycles. The Kier molecular flexibility index (Phi) is 7.24. The fraction of sp³-hybridized carbons (Fsp3) is 0.316. The van der Waals surface area contributed by atoms with Gasteiger partial charge in [0, 0.05) is 18.2 Å². The highest BCUT2D eigenvalue weighted by Crippen LogP contribution is 2.34. The lowest BCUT2D eigenvalue weighted by Gasteiger charge is -2.17. The maximum Gasteiger partial charge on any atom is 0.241 e. The van der Waals surface area contributed by atoms with Crippen molar-refractivity contribution in [2.75, 3.05) is 21.3 Å². The average molecular weight is 408 g/mol. The van der Waals surface area contributed by atoms with Gasteiger partial charge in [-0.05, 0) is 25.1 Å². The molecule has 152 valence electrons. The third-order valence-electron chi connectivity index (χ3n) is 4.02. The Morgan fingerprint density at radius 2 is 1.54 bits per heavy atom. The van der Waals surface area contributed by atoms with Crippen molar-refractivity contribution in [3.05, 3.63) is 48.0 Å². The Labute approximate surface area is 164 Å². The first-order valence-electron chi connectivity index (χ1n) is 8.46. The topological polar surface area (TPSA) is 103 Å². The van der Waals surface area contributed by atoms with Crippen molar-refractivity contribution in [3.8, 4) is 17.2 Å². The number of benzene rings is 2. The maximum absolute atomic E-state index is 12.4. The van der Waals surface area contributed by atoms with Crippen molar-refractivity contribution >= 4 is 15.9 Å². The molecule has 1 amide bonds. The van der Waals surface area contributed by atoms with E-state index in [0.29, 0.717) is 22.8 Å². The Bertz CT molecular complexity index is 916. The lowest BCUT2D eigenvalue weighted by atomic mass is 10.1. The van der Waals surface area contributed by atoms with Crippen LogP contribution in [0.2, 0.25) is 0 Å². The van der Waals surface area contributed by atoms with E-state index < -0.39 is 22.0 Å². The summed E-state index contributed by atoms with van der Waals surface area (Å²) < 4.78 is 42.8. The molecule has 2 aromatic carbocycles. The highest BCUT2D eigenvalue weighted by Gasteiger charge is 2.22. The minimum absolute atomic E-state index is 0.0937. The summed E-state index contributed by atoms with van der Waals surface area (Å²) in [6.07, 6.45) is 0. The van der Waals surface area contributed by atoms with Crippen LogP contribution in [0.3, 0.4) is 0 Å². The fourth-order valence-corrected chi connectivity index (χ4v) is 3.74. The van der Waals surface area contributed by atoms with Crippen molar-refractivity contribution in [1.82, 2.24) is 10.0 Å². The monoisotopic (exact) mass is 408 g/mol. The molecule has 0 saturated heterocycles. The van der Waals surface area contributed by atoms with Crippen LogP contribution in [0.5, 0.6) is 17.2 Å². The van der Waals surface area contributed by atoms with Gasteiger partial charge >= 0.3 is 0 Å². The third kappa shape index (κ3) is 5.14. The van der Waals surface area contributed by atoms with E-state index in [4.69, 9.17) is 14.2 Å². The number of nitrogens with one attached hydrogen (secondary N) is 2. The average Bonchev–Trinajstić information content (AvgIpc) is 2.71. The van der Waals surface area contributed by atoms with Crippen LogP contribution >= 0.6 is 0 Å². The van der Waals surface area contributed by atoms with Gasteiger partial charge < -0.3 is 19.5 Å². The summed E-state index contributed by atoms with van der Waals surface area (Å²) in [5, 5.41) is 2.69. The SMILES string of the molecule is COc1cc(OC)c(OC)cc1CNC(=O)[C@H](C)NS(=O)(=O)c1ccccc1. The number of carbonyl (C=O) groups excluding carboxylic acids is 1. The van der Waals surface area contributed by atoms with Gasteiger partial charge in [0.15, 0.2) is 11.5 Å². The number of sulfonamides is 1. The summed E-state index contributed by atoms with van der Waals surface area (Å²) in [6.45, 7) is 1.60. The molecule has 2 aromatic rings. The van der Waals surface area contributed by atoms with Crippen molar-refractivity contribution < 1.29 is 27.4 Å².